The second-order valence-corrected chi connectivity index (χ2v) is 10.6. The molecule has 0 aliphatic carbocycles. The van der Waals surface area contributed by atoms with Crippen molar-refractivity contribution in [2.24, 2.45) is 0 Å². The van der Waals surface area contributed by atoms with Gasteiger partial charge in [0.2, 0.25) is 0 Å². The van der Waals surface area contributed by atoms with Crippen LogP contribution in [0.2, 0.25) is 5.02 Å². The fraction of sp³-hybridized carbons (Fsp3) is 0.318. The van der Waals surface area contributed by atoms with Crippen LogP contribution < -0.4 is 4.90 Å². The summed E-state index contributed by atoms with van der Waals surface area (Å²) < 4.78 is 23.4. The number of hydrogen-bond donors (Lipinski definition) is 1. The second kappa shape index (κ2) is 8.53. The van der Waals surface area contributed by atoms with Crippen molar-refractivity contribution in [1.29, 1.82) is 0 Å². The molecule has 4 rings (SSSR count). The molecular weight excluding hydrogens is 436 g/mol. The van der Waals surface area contributed by atoms with Gasteiger partial charge in [0, 0.05) is 54.0 Å². The Morgan fingerprint density at radius 1 is 1.10 bits per heavy atom. The molecule has 0 spiro atoms. The van der Waals surface area contributed by atoms with Gasteiger partial charge in [0.05, 0.1) is 17.0 Å². The molecule has 9 heteroatoms. The number of halogens is 1. The van der Waals surface area contributed by atoms with Crippen LogP contribution in [0, 0.1) is 0 Å². The van der Waals surface area contributed by atoms with Gasteiger partial charge in [-0.25, -0.2) is 18.4 Å². The molecule has 31 heavy (non-hydrogen) atoms. The lowest BCUT2D eigenvalue weighted by atomic mass is 9.96. The molecule has 1 saturated heterocycles. The van der Waals surface area contributed by atoms with Gasteiger partial charge in [0.1, 0.15) is 5.82 Å². The first-order chi connectivity index (χ1) is 14.8. The number of hydrogen-bond acceptors (Lipinski definition) is 7. The van der Waals surface area contributed by atoms with E-state index in [1.165, 1.54) is 6.26 Å². The number of aliphatic hydroxyl groups is 1. The Morgan fingerprint density at radius 3 is 2.39 bits per heavy atom. The van der Waals surface area contributed by atoms with Crippen molar-refractivity contribution in [3.8, 4) is 22.6 Å². The lowest BCUT2D eigenvalue weighted by Crippen LogP contribution is -2.51. The summed E-state index contributed by atoms with van der Waals surface area (Å²) in [6.07, 6.45) is 5.28. The van der Waals surface area contributed by atoms with E-state index < -0.39 is 14.6 Å². The van der Waals surface area contributed by atoms with Crippen molar-refractivity contribution >= 4 is 27.3 Å². The van der Waals surface area contributed by atoms with Crippen molar-refractivity contribution in [3.05, 3.63) is 59.9 Å². The fourth-order valence-corrected chi connectivity index (χ4v) is 5.06. The van der Waals surface area contributed by atoms with E-state index in [2.05, 4.69) is 4.98 Å². The first-order valence-electron chi connectivity index (χ1n) is 9.92. The molecule has 3 aromatic rings. The van der Waals surface area contributed by atoms with Crippen LogP contribution in [0.3, 0.4) is 0 Å². The average molecular weight is 459 g/mol. The molecule has 162 valence electrons. The van der Waals surface area contributed by atoms with Gasteiger partial charge in [-0.15, -0.1) is 0 Å². The fourth-order valence-electron chi connectivity index (χ4n) is 3.78. The Bertz CT molecular complexity index is 1160. The van der Waals surface area contributed by atoms with Crippen LogP contribution in [0.1, 0.15) is 12.8 Å². The van der Waals surface area contributed by atoms with Gasteiger partial charge in [-0.2, -0.15) is 0 Å². The Balaban J connectivity index is 1.72. The van der Waals surface area contributed by atoms with E-state index in [9.17, 15) is 13.5 Å². The van der Waals surface area contributed by atoms with E-state index in [0.29, 0.717) is 42.6 Å². The van der Waals surface area contributed by atoms with Crippen LogP contribution >= 0.6 is 11.6 Å². The van der Waals surface area contributed by atoms with Crippen LogP contribution in [0.15, 0.2) is 54.9 Å². The number of anilines is 1. The normalized spacial score (nSPS) is 16.3. The lowest BCUT2D eigenvalue weighted by Gasteiger charge is -2.39. The van der Waals surface area contributed by atoms with Gasteiger partial charge in [-0.1, -0.05) is 23.7 Å². The minimum atomic E-state index is -3.38. The van der Waals surface area contributed by atoms with Crippen molar-refractivity contribution in [3.63, 3.8) is 0 Å². The van der Waals surface area contributed by atoms with Crippen molar-refractivity contribution < 1.29 is 13.5 Å². The largest absolute Gasteiger partial charge is 0.395 e. The molecule has 0 bridgehead atoms. The SMILES string of the molecule is CS(=O)(=O)C1(CO)CCN(c2cc(-c3ccc(Cl)cc3)nc(-c3cccnc3)n2)CC1. The quantitative estimate of drug-likeness (QED) is 0.626. The Morgan fingerprint density at radius 2 is 1.81 bits per heavy atom. The monoisotopic (exact) mass is 458 g/mol. The summed E-state index contributed by atoms with van der Waals surface area (Å²) in [5.41, 5.74) is 2.43. The molecule has 7 nitrogen and oxygen atoms in total. The number of piperidine rings is 1. The lowest BCUT2D eigenvalue weighted by molar-refractivity contribution is 0.218. The van der Waals surface area contributed by atoms with Crippen LogP contribution in [-0.4, -0.2) is 59.2 Å². The first kappa shape index (κ1) is 21.7. The van der Waals surface area contributed by atoms with Gasteiger partial charge in [-0.3, -0.25) is 4.98 Å². The molecule has 3 heterocycles. The summed E-state index contributed by atoms with van der Waals surface area (Å²) in [5, 5.41) is 10.4. The number of aliphatic hydroxyl groups excluding tert-OH is 1. The first-order valence-corrected chi connectivity index (χ1v) is 12.2. The summed E-state index contributed by atoms with van der Waals surface area (Å²) in [4.78, 5) is 15.7. The summed E-state index contributed by atoms with van der Waals surface area (Å²) in [6.45, 7) is 0.564. The molecule has 1 N–H and O–H groups in total. The van der Waals surface area contributed by atoms with Gasteiger partial charge in [0.25, 0.3) is 0 Å². The number of aromatic nitrogens is 3. The zero-order valence-corrected chi connectivity index (χ0v) is 18.6. The van der Waals surface area contributed by atoms with E-state index in [1.807, 2.05) is 47.4 Å². The average Bonchev–Trinajstić information content (AvgIpc) is 2.79. The maximum Gasteiger partial charge on any atom is 0.163 e. The van der Waals surface area contributed by atoms with E-state index in [-0.39, 0.29) is 6.61 Å². The summed E-state index contributed by atoms with van der Waals surface area (Å²) >= 11 is 6.04. The number of sulfone groups is 1. The van der Waals surface area contributed by atoms with E-state index in [0.717, 1.165) is 16.8 Å². The summed E-state index contributed by atoms with van der Waals surface area (Å²) in [5.74, 6) is 1.25. The predicted molar refractivity (Wildman–Crippen MR) is 122 cm³/mol. The molecule has 0 saturated carbocycles. The van der Waals surface area contributed by atoms with E-state index >= 15 is 0 Å². The summed E-state index contributed by atoms with van der Waals surface area (Å²) in [7, 11) is -3.38. The molecule has 1 aromatic carbocycles. The van der Waals surface area contributed by atoms with Crippen molar-refractivity contribution in [2.45, 2.75) is 17.6 Å². The third-order valence-corrected chi connectivity index (χ3v) is 8.21. The predicted octanol–water partition coefficient (Wildman–Crippen LogP) is 3.23. The zero-order valence-electron chi connectivity index (χ0n) is 17.1. The number of pyridine rings is 1. The van der Waals surface area contributed by atoms with Gasteiger partial charge in [0.15, 0.2) is 15.7 Å². The van der Waals surface area contributed by atoms with Crippen LogP contribution in [-0.2, 0) is 9.84 Å². The number of nitrogens with zero attached hydrogens (tertiary/aromatic N) is 4. The topological polar surface area (TPSA) is 96.3 Å². The Hall–Kier alpha value is -2.55. The highest BCUT2D eigenvalue weighted by molar-refractivity contribution is 7.92. The van der Waals surface area contributed by atoms with Gasteiger partial charge < -0.3 is 10.0 Å². The molecule has 1 fully saturated rings. The molecule has 0 radical (unpaired) electrons. The highest BCUT2D eigenvalue weighted by Crippen LogP contribution is 2.33. The Kier molecular flexibility index (Phi) is 5.96. The van der Waals surface area contributed by atoms with Crippen molar-refractivity contribution in [1.82, 2.24) is 15.0 Å². The summed E-state index contributed by atoms with van der Waals surface area (Å²) in [6, 6.07) is 13.0. The van der Waals surface area contributed by atoms with E-state index in [1.54, 1.807) is 12.4 Å². The molecule has 0 amide bonds. The zero-order chi connectivity index (χ0) is 22.1. The third-order valence-electron chi connectivity index (χ3n) is 5.85. The smallest absolute Gasteiger partial charge is 0.163 e. The molecule has 1 aliphatic heterocycles. The van der Waals surface area contributed by atoms with Crippen LogP contribution in [0.5, 0.6) is 0 Å². The molecule has 2 aromatic heterocycles. The highest BCUT2D eigenvalue weighted by Gasteiger charge is 2.43. The van der Waals surface area contributed by atoms with Gasteiger partial charge in [-0.05, 0) is 37.1 Å². The van der Waals surface area contributed by atoms with Crippen LogP contribution in [0.25, 0.3) is 22.6 Å². The number of rotatable bonds is 5. The molecule has 0 unspecified atom stereocenters. The molecule has 0 atom stereocenters. The standard InChI is InChI=1S/C22H23ClN4O3S/c1-31(29,30)22(15-28)8-11-27(12-9-22)20-13-19(16-4-6-18(23)7-5-16)25-21(26-20)17-3-2-10-24-14-17/h2-7,10,13-14,28H,8-9,11-12,15H2,1H3. The van der Waals surface area contributed by atoms with Gasteiger partial charge >= 0.3 is 0 Å². The minimum Gasteiger partial charge on any atom is -0.395 e. The highest BCUT2D eigenvalue weighted by atomic mass is 35.5. The van der Waals surface area contributed by atoms with Crippen molar-refractivity contribution in [2.75, 3.05) is 30.9 Å². The maximum atomic E-state index is 12.3. The maximum absolute atomic E-state index is 12.3. The van der Waals surface area contributed by atoms with E-state index in [4.69, 9.17) is 21.6 Å². The molecular formula is C22H23ClN4O3S. The Labute approximate surface area is 186 Å². The molecule has 1 aliphatic rings. The minimum absolute atomic E-state index is 0.338. The second-order valence-electron chi connectivity index (χ2n) is 7.78. The van der Waals surface area contributed by atoms with Crippen LogP contribution in [0.4, 0.5) is 5.82 Å². The third kappa shape index (κ3) is 4.42. The number of benzene rings is 1.